The van der Waals surface area contributed by atoms with Crippen molar-refractivity contribution in [2.45, 2.75) is 71.3 Å². The van der Waals surface area contributed by atoms with Gasteiger partial charge in [0, 0.05) is 49.0 Å². The van der Waals surface area contributed by atoms with Crippen LogP contribution in [0.4, 0.5) is 0 Å². The molecule has 2 fully saturated rings. The van der Waals surface area contributed by atoms with Gasteiger partial charge in [-0.3, -0.25) is 14.5 Å². The summed E-state index contributed by atoms with van der Waals surface area (Å²) < 4.78 is 12.6. The number of ether oxygens (including phenoxy) is 2. The standard InChI is InChI=1S/C25H37N5O4/c1-18-15-22-27-19(2)21(20(3)30(22)28-18)7-8-24(32)34-16-23(31)26-17-25(9-5-4-6-10-25)29-11-13-33-14-12-29/h15H,4-14,16-17H2,1-3H3,(H,26,31). The summed E-state index contributed by atoms with van der Waals surface area (Å²) in [6, 6.07) is 1.94. The van der Waals surface area contributed by atoms with Gasteiger partial charge in [-0.1, -0.05) is 19.3 Å². The van der Waals surface area contributed by atoms with E-state index in [1.54, 1.807) is 0 Å². The summed E-state index contributed by atoms with van der Waals surface area (Å²) in [6.07, 6.45) is 6.47. The fourth-order valence-electron chi connectivity index (χ4n) is 5.41. The number of carbonyl (C=O) groups excluding carboxylic acids is 2. The van der Waals surface area contributed by atoms with E-state index in [-0.39, 0.29) is 30.4 Å². The molecule has 0 atom stereocenters. The Morgan fingerprint density at radius 3 is 2.62 bits per heavy atom. The second-order valence-electron chi connectivity index (χ2n) is 9.64. The number of rotatable bonds is 8. The van der Waals surface area contributed by atoms with Gasteiger partial charge in [0.15, 0.2) is 12.3 Å². The van der Waals surface area contributed by atoms with Crippen LogP contribution in [0.15, 0.2) is 6.07 Å². The monoisotopic (exact) mass is 471 g/mol. The zero-order valence-corrected chi connectivity index (χ0v) is 20.7. The number of fused-ring (bicyclic) bond motifs is 1. The Labute approximate surface area is 201 Å². The van der Waals surface area contributed by atoms with Crippen molar-refractivity contribution in [1.29, 1.82) is 0 Å². The predicted octanol–water partition coefficient (Wildman–Crippen LogP) is 2.28. The van der Waals surface area contributed by atoms with Gasteiger partial charge in [0.2, 0.25) is 0 Å². The number of hydrogen-bond donors (Lipinski definition) is 1. The third kappa shape index (κ3) is 5.58. The fraction of sp³-hybridized carbons (Fsp3) is 0.680. The molecule has 3 heterocycles. The first-order valence-corrected chi connectivity index (χ1v) is 12.5. The van der Waals surface area contributed by atoms with Crippen molar-refractivity contribution >= 4 is 17.5 Å². The second-order valence-corrected chi connectivity index (χ2v) is 9.64. The number of morpholine rings is 1. The van der Waals surface area contributed by atoms with Crippen LogP contribution in [-0.4, -0.2) is 76.4 Å². The van der Waals surface area contributed by atoms with E-state index in [0.29, 0.717) is 13.0 Å². The van der Waals surface area contributed by atoms with Crippen LogP contribution in [0.1, 0.15) is 61.2 Å². The van der Waals surface area contributed by atoms with Crippen LogP contribution >= 0.6 is 0 Å². The Balaban J connectivity index is 1.26. The summed E-state index contributed by atoms with van der Waals surface area (Å²) in [5.41, 5.74) is 4.55. The van der Waals surface area contributed by atoms with Gasteiger partial charge in [-0.15, -0.1) is 0 Å². The molecule has 2 aromatic rings. The largest absolute Gasteiger partial charge is 0.456 e. The first kappa shape index (κ1) is 24.6. The van der Waals surface area contributed by atoms with Gasteiger partial charge in [0.05, 0.1) is 18.9 Å². The van der Waals surface area contributed by atoms with E-state index in [1.807, 2.05) is 31.4 Å². The molecule has 1 saturated carbocycles. The highest BCUT2D eigenvalue weighted by atomic mass is 16.5. The summed E-state index contributed by atoms with van der Waals surface area (Å²) >= 11 is 0. The van der Waals surface area contributed by atoms with Gasteiger partial charge in [-0.25, -0.2) is 9.50 Å². The summed E-state index contributed by atoms with van der Waals surface area (Å²) in [5, 5.41) is 7.51. The van der Waals surface area contributed by atoms with E-state index in [2.05, 4.69) is 20.3 Å². The van der Waals surface area contributed by atoms with Gasteiger partial charge in [-0.05, 0) is 45.6 Å². The maximum Gasteiger partial charge on any atom is 0.306 e. The molecular weight excluding hydrogens is 434 g/mol. The average Bonchev–Trinajstić information content (AvgIpc) is 3.22. The maximum atomic E-state index is 12.5. The summed E-state index contributed by atoms with van der Waals surface area (Å²) in [6.45, 7) is 9.51. The van der Waals surface area contributed by atoms with Crippen molar-refractivity contribution in [2.75, 3.05) is 39.5 Å². The van der Waals surface area contributed by atoms with Crippen LogP contribution in [-0.2, 0) is 25.5 Å². The van der Waals surface area contributed by atoms with Crippen LogP contribution in [0.3, 0.4) is 0 Å². The number of aryl methyl sites for hydroxylation is 3. The molecule has 34 heavy (non-hydrogen) atoms. The Hall–Kier alpha value is -2.52. The average molecular weight is 472 g/mol. The normalized spacial score (nSPS) is 18.7. The summed E-state index contributed by atoms with van der Waals surface area (Å²) in [5.74, 6) is -0.625. The van der Waals surface area contributed by atoms with E-state index in [4.69, 9.17) is 9.47 Å². The molecule has 2 aromatic heterocycles. The van der Waals surface area contributed by atoms with Crippen LogP contribution in [0, 0.1) is 20.8 Å². The molecule has 9 heteroatoms. The molecule has 0 unspecified atom stereocenters. The van der Waals surface area contributed by atoms with Gasteiger partial charge in [-0.2, -0.15) is 5.10 Å². The van der Waals surface area contributed by atoms with Crippen molar-refractivity contribution < 1.29 is 19.1 Å². The number of carbonyl (C=O) groups is 2. The lowest BCUT2D eigenvalue weighted by Crippen LogP contribution is -2.59. The SMILES string of the molecule is Cc1cc2nc(C)c(CCC(=O)OCC(=O)NCC3(N4CCOCC4)CCCCC3)c(C)n2n1. The van der Waals surface area contributed by atoms with Gasteiger partial charge < -0.3 is 14.8 Å². The molecule has 1 aliphatic heterocycles. The molecule has 1 amide bonds. The van der Waals surface area contributed by atoms with E-state index in [1.165, 1.54) is 19.3 Å². The molecule has 1 saturated heterocycles. The van der Waals surface area contributed by atoms with Crippen molar-refractivity contribution in [3.05, 3.63) is 28.7 Å². The molecule has 4 rings (SSSR count). The topological polar surface area (TPSA) is 98.1 Å². The zero-order chi connectivity index (χ0) is 24.1. The Morgan fingerprint density at radius 2 is 1.88 bits per heavy atom. The first-order valence-electron chi connectivity index (χ1n) is 12.5. The van der Waals surface area contributed by atoms with E-state index >= 15 is 0 Å². The minimum Gasteiger partial charge on any atom is -0.456 e. The van der Waals surface area contributed by atoms with E-state index in [0.717, 1.165) is 67.4 Å². The minimum absolute atomic E-state index is 0.00669. The van der Waals surface area contributed by atoms with Gasteiger partial charge in [0.1, 0.15) is 0 Å². The highest BCUT2D eigenvalue weighted by molar-refractivity contribution is 5.80. The third-order valence-electron chi connectivity index (χ3n) is 7.31. The third-order valence-corrected chi connectivity index (χ3v) is 7.31. The van der Waals surface area contributed by atoms with Crippen molar-refractivity contribution in [2.24, 2.45) is 0 Å². The minimum atomic E-state index is -0.383. The highest BCUT2D eigenvalue weighted by Crippen LogP contribution is 2.33. The summed E-state index contributed by atoms with van der Waals surface area (Å²) in [4.78, 5) is 31.9. The molecule has 0 spiro atoms. The van der Waals surface area contributed by atoms with Crippen LogP contribution < -0.4 is 5.32 Å². The maximum absolute atomic E-state index is 12.5. The lowest BCUT2D eigenvalue weighted by molar-refractivity contribution is -0.148. The number of nitrogens with one attached hydrogen (secondary N) is 1. The number of nitrogens with zero attached hydrogens (tertiary/aromatic N) is 4. The second kappa shape index (κ2) is 10.8. The van der Waals surface area contributed by atoms with Crippen LogP contribution in [0.2, 0.25) is 0 Å². The Bertz CT molecular complexity index is 1020. The molecule has 1 aliphatic carbocycles. The highest BCUT2D eigenvalue weighted by Gasteiger charge is 2.38. The van der Waals surface area contributed by atoms with Crippen LogP contribution in [0.25, 0.3) is 5.65 Å². The van der Waals surface area contributed by atoms with Gasteiger partial charge >= 0.3 is 5.97 Å². The lowest BCUT2D eigenvalue weighted by Gasteiger charge is -2.48. The molecule has 186 valence electrons. The summed E-state index contributed by atoms with van der Waals surface area (Å²) in [7, 11) is 0. The van der Waals surface area contributed by atoms with Crippen LogP contribution in [0.5, 0.6) is 0 Å². The molecule has 1 N–H and O–H groups in total. The molecule has 0 radical (unpaired) electrons. The van der Waals surface area contributed by atoms with Crippen molar-refractivity contribution in [3.63, 3.8) is 0 Å². The quantitative estimate of drug-likeness (QED) is 0.590. The number of amides is 1. The first-order chi connectivity index (χ1) is 16.4. The zero-order valence-electron chi connectivity index (χ0n) is 20.7. The Kier molecular flexibility index (Phi) is 7.83. The smallest absolute Gasteiger partial charge is 0.306 e. The lowest BCUT2D eigenvalue weighted by atomic mass is 9.79. The molecule has 9 nitrogen and oxygen atoms in total. The predicted molar refractivity (Wildman–Crippen MR) is 128 cm³/mol. The molecular formula is C25H37N5O4. The number of aromatic nitrogens is 3. The number of hydrogen-bond acceptors (Lipinski definition) is 7. The van der Waals surface area contributed by atoms with Crippen molar-refractivity contribution in [1.82, 2.24) is 24.8 Å². The van der Waals surface area contributed by atoms with Gasteiger partial charge in [0.25, 0.3) is 5.91 Å². The molecule has 0 bridgehead atoms. The van der Waals surface area contributed by atoms with E-state index < -0.39 is 0 Å². The van der Waals surface area contributed by atoms with Crippen molar-refractivity contribution in [3.8, 4) is 0 Å². The molecule has 2 aliphatic rings. The van der Waals surface area contributed by atoms with E-state index in [9.17, 15) is 9.59 Å². The molecule has 0 aromatic carbocycles. The fourth-order valence-corrected chi connectivity index (χ4v) is 5.41. The Morgan fingerprint density at radius 1 is 1.15 bits per heavy atom. The number of esters is 1.